The molecule has 1 fully saturated rings. The van der Waals surface area contributed by atoms with Gasteiger partial charge in [0.25, 0.3) is 5.91 Å². The van der Waals surface area contributed by atoms with Gasteiger partial charge in [-0.15, -0.1) is 22.7 Å². The van der Waals surface area contributed by atoms with E-state index in [1.807, 2.05) is 33.5 Å². The lowest BCUT2D eigenvalue weighted by Gasteiger charge is -2.25. The maximum absolute atomic E-state index is 12.3. The van der Waals surface area contributed by atoms with Crippen LogP contribution in [0.15, 0.2) is 21.3 Å². The maximum Gasteiger partial charge on any atom is 0.273 e. The van der Waals surface area contributed by atoms with Gasteiger partial charge in [0, 0.05) is 39.8 Å². The molecule has 1 aliphatic heterocycles. The van der Waals surface area contributed by atoms with Crippen LogP contribution < -0.4 is 0 Å². The number of hydrogen-bond donors (Lipinski definition) is 0. The Labute approximate surface area is 132 Å². The fourth-order valence-electron chi connectivity index (χ4n) is 1.84. The van der Waals surface area contributed by atoms with Gasteiger partial charge in [-0.2, -0.15) is 11.8 Å². The lowest BCUT2D eigenvalue weighted by Crippen LogP contribution is -2.38. The molecule has 0 radical (unpaired) electrons. The number of halogens is 1. The van der Waals surface area contributed by atoms with Crippen LogP contribution in [0.25, 0.3) is 9.88 Å². The van der Waals surface area contributed by atoms with Crippen molar-refractivity contribution in [3.05, 3.63) is 27.0 Å². The Kier molecular flexibility index (Phi) is 4.26. The van der Waals surface area contributed by atoms with Crippen LogP contribution in [0.4, 0.5) is 0 Å². The third kappa shape index (κ3) is 3.04. The summed E-state index contributed by atoms with van der Waals surface area (Å²) in [5, 5.41) is 4.82. The number of carbonyl (C=O) groups is 1. The van der Waals surface area contributed by atoms with Gasteiger partial charge in [-0.25, -0.2) is 4.98 Å². The first-order valence-electron chi connectivity index (χ1n) is 5.81. The monoisotopic (exact) mass is 374 g/mol. The Hall–Kier alpha value is -0.370. The van der Waals surface area contributed by atoms with Crippen LogP contribution in [0.3, 0.4) is 0 Å². The van der Waals surface area contributed by atoms with E-state index in [9.17, 15) is 4.79 Å². The van der Waals surface area contributed by atoms with Crippen LogP contribution in [0.1, 0.15) is 10.5 Å². The predicted octanol–water partition coefficient (Wildman–Crippen LogP) is 3.82. The van der Waals surface area contributed by atoms with Gasteiger partial charge in [0.2, 0.25) is 0 Å². The summed E-state index contributed by atoms with van der Waals surface area (Å²) in [7, 11) is 0. The molecule has 1 amide bonds. The molecule has 0 bridgehead atoms. The minimum absolute atomic E-state index is 0.0680. The number of thioether (sulfide) groups is 1. The summed E-state index contributed by atoms with van der Waals surface area (Å²) in [6.45, 7) is 1.67. The zero-order valence-corrected chi connectivity index (χ0v) is 14.0. The highest BCUT2D eigenvalue weighted by atomic mass is 79.9. The minimum atomic E-state index is 0.0680. The molecule has 0 aromatic carbocycles. The molecular weight excluding hydrogens is 364 g/mol. The zero-order valence-electron chi connectivity index (χ0n) is 9.97. The average molecular weight is 375 g/mol. The molecule has 3 nitrogen and oxygen atoms in total. The van der Waals surface area contributed by atoms with Crippen molar-refractivity contribution < 1.29 is 4.79 Å². The van der Waals surface area contributed by atoms with Gasteiger partial charge in [-0.1, -0.05) is 0 Å². The van der Waals surface area contributed by atoms with Crippen molar-refractivity contribution in [2.45, 2.75) is 0 Å². The van der Waals surface area contributed by atoms with Gasteiger partial charge < -0.3 is 4.90 Å². The van der Waals surface area contributed by atoms with Crippen LogP contribution in [-0.4, -0.2) is 40.4 Å². The second-order valence-corrected chi connectivity index (χ2v) is 7.98. The smallest absolute Gasteiger partial charge is 0.273 e. The molecule has 2 aromatic heterocycles. The van der Waals surface area contributed by atoms with Crippen LogP contribution in [0.5, 0.6) is 0 Å². The van der Waals surface area contributed by atoms with E-state index in [0.29, 0.717) is 5.69 Å². The molecule has 19 heavy (non-hydrogen) atoms. The number of rotatable bonds is 2. The molecule has 1 saturated heterocycles. The molecule has 0 spiro atoms. The first-order valence-corrected chi connectivity index (χ1v) is 9.52. The molecule has 3 rings (SSSR count). The largest absolute Gasteiger partial charge is 0.336 e. The first kappa shape index (κ1) is 13.6. The highest BCUT2D eigenvalue weighted by Crippen LogP contribution is 2.32. The molecule has 0 aliphatic carbocycles. The van der Waals surface area contributed by atoms with Crippen LogP contribution in [-0.2, 0) is 0 Å². The van der Waals surface area contributed by atoms with Crippen molar-refractivity contribution in [2.75, 3.05) is 24.6 Å². The van der Waals surface area contributed by atoms with Crippen LogP contribution in [0.2, 0.25) is 0 Å². The predicted molar refractivity (Wildman–Crippen MR) is 86.4 cm³/mol. The number of nitrogens with zero attached hydrogens (tertiary/aromatic N) is 2. The van der Waals surface area contributed by atoms with Crippen molar-refractivity contribution in [3.63, 3.8) is 0 Å². The summed E-state index contributed by atoms with van der Waals surface area (Å²) in [5.74, 6) is 2.12. The molecule has 0 N–H and O–H groups in total. The zero-order chi connectivity index (χ0) is 13.2. The van der Waals surface area contributed by atoms with E-state index in [1.54, 1.807) is 11.3 Å². The number of thiophene rings is 1. The molecule has 0 saturated carbocycles. The molecule has 0 atom stereocenters. The van der Waals surface area contributed by atoms with Gasteiger partial charge in [0.05, 0.1) is 4.88 Å². The highest BCUT2D eigenvalue weighted by molar-refractivity contribution is 9.10. The standard InChI is InChI=1S/C12H11BrN2OS3/c13-8-5-10(18-6-8)11-14-9(7-19-11)12(16)15-1-3-17-4-2-15/h5-7H,1-4H2. The number of aromatic nitrogens is 1. The Morgan fingerprint density at radius 1 is 1.26 bits per heavy atom. The third-order valence-electron chi connectivity index (χ3n) is 2.80. The van der Waals surface area contributed by atoms with Gasteiger partial charge in [0.15, 0.2) is 0 Å². The number of carbonyl (C=O) groups excluding carboxylic acids is 1. The third-order valence-corrected chi connectivity index (χ3v) is 6.44. The molecule has 2 aromatic rings. The van der Waals surface area contributed by atoms with E-state index in [2.05, 4.69) is 20.9 Å². The molecule has 3 heterocycles. The number of thiazole rings is 1. The molecule has 7 heteroatoms. The quantitative estimate of drug-likeness (QED) is 0.800. The minimum Gasteiger partial charge on any atom is -0.336 e. The van der Waals surface area contributed by atoms with E-state index in [0.717, 1.165) is 39.0 Å². The van der Waals surface area contributed by atoms with E-state index in [4.69, 9.17) is 0 Å². The highest BCUT2D eigenvalue weighted by Gasteiger charge is 2.21. The lowest BCUT2D eigenvalue weighted by atomic mass is 10.4. The van der Waals surface area contributed by atoms with Crippen molar-refractivity contribution in [1.29, 1.82) is 0 Å². The fraction of sp³-hybridized carbons (Fsp3) is 0.333. The van der Waals surface area contributed by atoms with E-state index in [1.165, 1.54) is 11.3 Å². The van der Waals surface area contributed by atoms with E-state index >= 15 is 0 Å². The van der Waals surface area contributed by atoms with Gasteiger partial charge in [-0.3, -0.25) is 4.79 Å². The summed E-state index contributed by atoms with van der Waals surface area (Å²) < 4.78 is 1.06. The number of amides is 1. The van der Waals surface area contributed by atoms with Gasteiger partial charge in [-0.05, 0) is 22.0 Å². The molecule has 100 valence electrons. The first-order chi connectivity index (χ1) is 9.24. The SMILES string of the molecule is O=C(c1csc(-c2cc(Br)cs2)n1)N1CCSCC1. The van der Waals surface area contributed by atoms with Crippen molar-refractivity contribution in [1.82, 2.24) is 9.88 Å². The summed E-state index contributed by atoms with van der Waals surface area (Å²) in [5.41, 5.74) is 0.580. The Morgan fingerprint density at radius 2 is 2.05 bits per heavy atom. The lowest BCUT2D eigenvalue weighted by molar-refractivity contribution is 0.0767. The Bertz CT molecular complexity index is 589. The summed E-state index contributed by atoms with van der Waals surface area (Å²) in [4.78, 5) is 19.8. The maximum atomic E-state index is 12.3. The van der Waals surface area contributed by atoms with Crippen LogP contribution >= 0.6 is 50.4 Å². The van der Waals surface area contributed by atoms with Gasteiger partial charge >= 0.3 is 0 Å². The van der Waals surface area contributed by atoms with E-state index < -0.39 is 0 Å². The fourth-order valence-corrected chi connectivity index (χ4v) is 5.04. The Balaban J connectivity index is 1.79. The second kappa shape index (κ2) is 5.95. The summed E-state index contributed by atoms with van der Waals surface area (Å²) in [6.07, 6.45) is 0. The van der Waals surface area contributed by atoms with E-state index in [-0.39, 0.29) is 5.91 Å². The molecule has 0 unspecified atom stereocenters. The Morgan fingerprint density at radius 3 is 2.74 bits per heavy atom. The van der Waals surface area contributed by atoms with Crippen molar-refractivity contribution >= 4 is 56.3 Å². The number of hydrogen-bond acceptors (Lipinski definition) is 5. The second-order valence-electron chi connectivity index (χ2n) is 4.07. The van der Waals surface area contributed by atoms with Crippen LogP contribution in [0, 0.1) is 0 Å². The topological polar surface area (TPSA) is 33.2 Å². The van der Waals surface area contributed by atoms with Gasteiger partial charge in [0.1, 0.15) is 10.7 Å². The summed E-state index contributed by atoms with van der Waals surface area (Å²) in [6, 6.07) is 2.04. The van der Waals surface area contributed by atoms with Crippen molar-refractivity contribution in [2.24, 2.45) is 0 Å². The molecular formula is C12H11BrN2OS3. The summed E-state index contributed by atoms with van der Waals surface area (Å²) >= 11 is 8.51. The van der Waals surface area contributed by atoms with Crippen molar-refractivity contribution in [3.8, 4) is 9.88 Å². The molecule has 1 aliphatic rings. The average Bonchev–Trinajstić information content (AvgIpc) is 3.07. The normalized spacial score (nSPS) is 15.7.